The molecule has 0 spiro atoms. The monoisotopic (exact) mass is 367 g/mol. The molecule has 0 radical (unpaired) electrons. The minimum absolute atomic E-state index is 0.126. The summed E-state index contributed by atoms with van der Waals surface area (Å²) in [6.45, 7) is 1.63. The summed E-state index contributed by atoms with van der Waals surface area (Å²) < 4.78 is 1.10. The minimum Gasteiger partial charge on any atom is -0.378 e. The van der Waals surface area contributed by atoms with E-state index in [1.165, 1.54) is 11.1 Å². The molecular weight excluding hydrogens is 350 g/mol. The first-order valence-electron chi connectivity index (χ1n) is 7.97. The number of nitrogens with one attached hydrogen (secondary N) is 1. The SMILES string of the molecule is CC(=O)c1ccc2c(c1)[C@@H]1C=CC[C@H]1[C@H](c1ccc(Br)cc1)N2. The summed E-state index contributed by atoms with van der Waals surface area (Å²) in [6, 6.07) is 14.9. The average Bonchev–Trinajstić information content (AvgIpc) is 3.04. The zero-order chi connectivity index (χ0) is 16.0. The molecule has 0 saturated carbocycles. The molecule has 3 heteroatoms. The van der Waals surface area contributed by atoms with Gasteiger partial charge in [0.2, 0.25) is 0 Å². The van der Waals surface area contributed by atoms with Crippen LogP contribution in [-0.4, -0.2) is 5.78 Å². The molecule has 1 heterocycles. The van der Waals surface area contributed by atoms with Gasteiger partial charge in [-0.25, -0.2) is 0 Å². The van der Waals surface area contributed by atoms with Crippen molar-refractivity contribution in [2.75, 3.05) is 5.32 Å². The van der Waals surface area contributed by atoms with Crippen LogP contribution in [0.4, 0.5) is 5.69 Å². The van der Waals surface area contributed by atoms with Gasteiger partial charge < -0.3 is 5.32 Å². The van der Waals surface area contributed by atoms with Crippen LogP contribution in [0.1, 0.15) is 46.8 Å². The lowest BCUT2D eigenvalue weighted by Gasteiger charge is -2.37. The molecule has 0 amide bonds. The van der Waals surface area contributed by atoms with Gasteiger partial charge in [-0.2, -0.15) is 0 Å². The molecular formula is C20H18BrNO. The van der Waals surface area contributed by atoms with E-state index in [-0.39, 0.29) is 5.78 Å². The lowest BCUT2D eigenvalue weighted by molar-refractivity contribution is 0.101. The van der Waals surface area contributed by atoms with Gasteiger partial charge >= 0.3 is 0 Å². The third kappa shape index (κ3) is 2.53. The Balaban J connectivity index is 1.77. The molecule has 4 rings (SSSR count). The quantitative estimate of drug-likeness (QED) is 0.562. The van der Waals surface area contributed by atoms with Crippen LogP contribution in [0.2, 0.25) is 0 Å². The molecule has 1 N–H and O–H groups in total. The second kappa shape index (κ2) is 5.64. The molecule has 3 atom stereocenters. The number of anilines is 1. The van der Waals surface area contributed by atoms with Crippen molar-refractivity contribution in [3.63, 3.8) is 0 Å². The van der Waals surface area contributed by atoms with E-state index >= 15 is 0 Å². The highest BCUT2D eigenvalue weighted by Gasteiger charge is 2.37. The molecule has 23 heavy (non-hydrogen) atoms. The van der Waals surface area contributed by atoms with Crippen molar-refractivity contribution in [1.29, 1.82) is 0 Å². The minimum atomic E-state index is 0.126. The Morgan fingerprint density at radius 3 is 2.70 bits per heavy atom. The number of carbonyl (C=O) groups is 1. The number of hydrogen-bond donors (Lipinski definition) is 1. The maximum Gasteiger partial charge on any atom is 0.159 e. The maximum atomic E-state index is 11.7. The first-order valence-corrected chi connectivity index (χ1v) is 8.76. The van der Waals surface area contributed by atoms with Crippen LogP contribution in [0.3, 0.4) is 0 Å². The number of ketones is 1. The Hall–Kier alpha value is -1.87. The van der Waals surface area contributed by atoms with E-state index < -0.39 is 0 Å². The second-order valence-electron chi connectivity index (χ2n) is 6.39. The molecule has 2 aliphatic rings. The predicted molar refractivity (Wildman–Crippen MR) is 96.9 cm³/mol. The van der Waals surface area contributed by atoms with Crippen LogP contribution in [-0.2, 0) is 0 Å². The van der Waals surface area contributed by atoms with Crippen LogP contribution in [0.25, 0.3) is 0 Å². The Morgan fingerprint density at radius 1 is 1.17 bits per heavy atom. The molecule has 116 valence electrons. The molecule has 1 aliphatic heterocycles. The van der Waals surface area contributed by atoms with Crippen LogP contribution in [0.15, 0.2) is 59.1 Å². The summed E-state index contributed by atoms with van der Waals surface area (Å²) in [5.41, 5.74) is 4.51. The third-order valence-electron chi connectivity index (χ3n) is 5.00. The number of Topliss-reactive ketones (excluding diaryl/α,β-unsaturated/α-hetero) is 1. The summed E-state index contributed by atoms with van der Waals surface area (Å²) in [7, 11) is 0. The zero-order valence-corrected chi connectivity index (χ0v) is 14.5. The fourth-order valence-electron chi connectivity index (χ4n) is 3.81. The van der Waals surface area contributed by atoms with E-state index in [4.69, 9.17) is 0 Å². The van der Waals surface area contributed by atoms with Crippen molar-refractivity contribution in [3.8, 4) is 0 Å². The number of halogens is 1. The Labute approximate surface area is 144 Å². The van der Waals surface area contributed by atoms with Crippen molar-refractivity contribution in [3.05, 3.63) is 75.8 Å². The molecule has 0 bridgehead atoms. The summed E-state index contributed by atoms with van der Waals surface area (Å²) in [5.74, 6) is 1.02. The number of carbonyl (C=O) groups excluding carboxylic acids is 1. The predicted octanol–water partition coefficient (Wildman–Crippen LogP) is 5.48. The first kappa shape index (κ1) is 14.7. The van der Waals surface area contributed by atoms with Gasteiger partial charge in [-0.05, 0) is 60.7 Å². The molecule has 0 aromatic heterocycles. The van der Waals surface area contributed by atoms with E-state index in [0.29, 0.717) is 17.9 Å². The second-order valence-corrected chi connectivity index (χ2v) is 7.30. The lowest BCUT2D eigenvalue weighted by Crippen LogP contribution is -2.29. The average molecular weight is 368 g/mol. The first-order chi connectivity index (χ1) is 11.1. The topological polar surface area (TPSA) is 29.1 Å². The van der Waals surface area contributed by atoms with E-state index in [2.05, 4.69) is 69.8 Å². The smallest absolute Gasteiger partial charge is 0.159 e. The number of fused-ring (bicyclic) bond motifs is 3. The van der Waals surface area contributed by atoms with Crippen molar-refractivity contribution < 1.29 is 4.79 Å². The van der Waals surface area contributed by atoms with E-state index in [1.54, 1.807) is 6.92 Å². The van der Waals surface area contributed by atoms with Crippen molar-refractivity contribution >= 4 is 27.4 Å². The number of benzene rings is 2. The lowest BCUT2D eigenvalue weighted by atomic mass is 9.76. The zero-order valence-electron chi connectivity index (χ0n) is 12.9. The Kier molecular flexibility index (Phi) is 3.61. The molecule has 2 aromatic rings. The maximum absolute atomic E-state index is 11.7. The largest absolute Gasteiger partial charge is 0.378 e. The van der Waals surface area contributed by atoms with Crippen molar-refractivity contribution in [2.24, 2.45) is 5.92 Å². The standard InChI is InChI=1S/C20H18BrNO/c1-12(23)14-7-10-19-18(11-14)16-3-2-4-17(16)20(22-19)13-5-8-15(21)9-6-13/h2-3,5-11,16-17,20,22H,4H2,1H3/t16-,17-,20+/m1/s1. The molecule has 2 aromatic carbocycles. The summed E-state index contributed by atoms with van der Waals surface area (Å²) in [5, 5.41) is 3.70. The van der Waals surface area contributed by atoms with Crippen LogP contribution in [0, 0.1) is 5.92 Å². The Morgan fingerprint density at radius 2 is 1.96 bits per heavy atom. The normalized spacial score (nSPS) is 24.7. The van der Waals surface area contributed by atoms with Gasteiger partial charge in [0, 0.05) is 21.6 Å². The highest BCUT2D eigenvalue weighted by atomic mass is 79.9. The molecule has 0 saturated heterocycles. The number of hydrogen-bond acceptors (Lipinski definition) is 2. The van der Waals surface area contributed by atoms with Gasteiger partial charge in [0.25, 0.3) is 0 Å². The van der Waals surface area contributed by atoms with E-state index in [0.717, 1.165) is 22.1 Å². The van der Waals surface area contributed by atoms with Gasteiger partial charge in [-0.3, -0.25) is 4.79 Å². The molecule has 0 fully saturated rings. The summed E-state index contributed by atoms with van der Waals surface area (Å²) in [6.07, 6.45) is 5.65. The molecule has 0 unspecified atom stereocenters. The van der Waals surface area contributed by atoms with E-state index in [9.17, 15) is 4.79 Å². The van der Waals surface area contributed by atoms with Crippen molar-refractivity contribution in [2.45, 2.75) is 25.3 Å². The fraction of sp³-hybridized carbons (Fsp3) is 0.250. The highest BCUT2D eigenvalue weighted by molar-refractivity contribution is 9.10. The van der Waals surface area contributed by atoms with Gasteiger partial charge in [0.05, 0.1) is 6.04 Å². The number of rotatable bonds is 2. The fourth-order valence-corrected chi connectivity index (χ4v) is 4.08. The summed E-state index contributed by atoms with van der Waals surface area (Å²) in [4.78, 5) is 11.7. The number of allylic oxidation sites excluding steroid dienone is 2. The Bertz CT molecular complexity index is 794. The van der Waals surface area contributed by atoms with E-state index in [1.807, 2.05) is 6.07 Å². The summed E-state index contributed by atoms with van der Waals surface area (Å²) >= 11 is 3.51. The van der Waals surface area contributed by atoms with Gasteiger partial charge in [-0.15, -0.1) is 0 Å². The molecule has 1 aliphatic carbocycles. The third-order valence-corrected chi connectivity index (χ3v) is 5.53. The molecule has 2 nitrogen and oxygen atoms in total. The van der Waals surface area contributed by atoms with Gasteiger partial charge in [0.1, 0.15) is 0 Å². The van der Waals surface area contributed by atoms with Crippen molar-refractivity contribution in [1.82, 2.24) is 0 Å². The van der Waals surface area contributed by atoms with Crippen LogP contribution in [0.5, 0.6) is 0 Å². The van der Waals surface area contributed by atoms with Gasteiger partial charge in [0.15, 0.2) is 5.78 Å². The van der Waals surface area contributed by atoms with Crippen LogP contribution >= 0.6 is 15.9 Å². The van der Waals surface area contributed by atoms with Crippen LogP contribution < -0.4 is 5.32 Å². The highest BCUT2D eigenvalue weighted by Crippen LogP contribution is 2.49. The van der Waals surface area contributed by atoms with Gasteiger partial charge in [-0.1, -0.05) is 40.2 Å².